The molecule has 1 aromatic heterocycles. The van der Waals surface area contributed by atoms with Crippen molar-refractivity contribution in [3.05, 3.63) is 28.0 Å². The monoisotopic (exact) mass is 356 g/mol. The van der Waals surface area contributed by atoms with Crippen LogP contribution < -0.4 is 10.6 Å². The Kier molecular flexibility index (Phi) is 4.68. The van der Waals surface area contributed by atoms with E-state index >= 15 is 0 Å². The van der Waals surface area contributed by atoms with Crippen molar-refractivity contribution in [3.8, 4) is 0 Å². The van der Waals surface area contributed by atoms with E-state index in [2.05, 4.69) is 10.6 Å². The number of anilines is 1. The average molecular weight is 356 g/mol. The summed E-state index contributed by atoms with van der Waals surface area (Å²) < 4.78 is 22.8. The van der Waals surface area contributed by atoms with Crippen LogP contribution in [0.1, 0.15) is 36.0 Å². The van der Waals surface area contributed by atoms with Crippen molar-refractivity contribution < 1.29 is 18.0 Å². The van der Waals surface area contributed by atoms with Crippen molar-refractivity contribution in [3.63, 3.8) is 0 Å². The number of hydrogen-bond acceptors (Lipinski definition) is 5. The Morgan fingerprint density at radius 1 is 1.30 bits per heavy atom. The minimum atomic E-state index is -3.23. The maximum Gasteiger partial charge on any atom is 0.254 e. The summed E-state index contributed by atoms with van der Waals surface area (Å²) in [5.74, 6) is -0.715. The highest BCUT2D eigenvalue weighted by molar-refractivity contribution is 7.94. The molecule has 0 saturated carbocycles. The van der Waals surface area contributed by atoms with Gasteiger partial charge in [-0.25, -0.2) is 8.42 Å². The van der Waals surface area contributed by atoms with Gasteiger partial charge < -0.3 is 10.6 Å². The molecule has 0 aromatic carbocycles. The lowest BCUT2D eigenvalue weighted by Gasteiger charge is -2.18. The molecule has 2 amide bonds. The molecule has 8 heteroatoms. The van der Waals surface area contributed by atoms with Crippen LogP contribution in [0, 0.1) is 12.3 Å². The second-order valence-corrected chi connectivity index (χ2v) is 9.73. The van der Waals surface area contributed by atoms with Gasteiger partial charge in [-0.3, -0.25) is 9.59 Å². The van der Waals surface area contributed by atoms with Crippen molar-refractivity contribution in [1.29, 1.82) is 0 Å². The van der Waals surface area contributed by atoms with Crippen LogP contribution in [-0.4, -0.2) is 32.0 Å². The van der Waals surface area contributed by atoms with Gasteiger partial charge in [-0.1, -0.05) is 20.8 Å². The van der Waals surface area contributed by atoms with Crippen molar-refractivity contribution in [2.45, 2.75) is 33.7 Å². The van der Waals surface area contributed by atoms with Gasteiger partial charge in [0, 0.05) is 15.7 Å². The third kappa shape index (κ3) is 4.42. The number of sulfone groups is 1. The van der Waals surface area contributed by atoms with E-state index in [4.69, 9.17) is 0 Å². The van der Waals surface area contributed by atoms with E-state index in [1.807, 2.05) is 6.92 Å². The smallest absolute Gasteiger partial charge is 0.254 e. The highest BCUT2D eigenvalue weighted by Gasteiger charge is 2.27. The lowest BCUT2D eigenvalue weighted by atomic mass is 9.96. The van der Waals surface area contributed by atoms with Gasteiger partial charge in [0.1, 0.15) is 5.00 Å². The van der Waals surface area contributed by atoms with E-state index in [1.165, 1.54) is 17.4 Å². The Morgan fingerprint density at radius 3 is 2.48 bits per heavy atom. The topological polar surface area (TPSA) is 92.3 Å². The van der Waals surface area contributed by atoms with Gasteiger partial charge in [0.15, 0.2) is 9.84 Å². The lowest BCUT2D eigenvalue weighted by Crippen LogP contribution is -2.36. The summed E-state index contributed by atoms with van der Waals surface area (Å²) in [5, 5.41) is 7.03. The molecule has 0 radical (unpaired) electrons. The first-order valence-electron chi connectivity index (χ1n) is 7.12. The molecule has 2 heterocycles. The summed E-state index contributed by atoms with van der Waals surface area (Å²) >= 11 is 1.32. The molecule has 0 aliphatic carbocycles. The Morgan fingerprint density at radius 2 is 1.96 bits per heavy atom. The molecule has 0 fully saturated rings. The molecule has 2 N–H and O–H groups in total. The van der Waals surface area contributed by atoms with Gasteiger partial charge in [0.25, 0.3) is 5.91 Å². The predicted octanol–water partition coefficient (Wildman–Crippen LogP) is 2.08. The first kappa shape index (κ1) is 17.7. The van der Waals surface area contributed by atoms with Crippen LogP contribution in [-0.2, 0) is 14.6 Å². The van der Waals surface area contributed by atoms with Gasteiger partial charge >= 0.3 is 0 Å². The molecule has 0 spiro atoms. The van der Waals surface area contributed by atoms with E-state index in [0.29, 0.717) is 10.6 Å². The number of carbonyl (C=O) groups excluding carboxylic acids is 2. The zero-order valence-electron chi connectivity index (χ0n) is 13.5. The van der Waals surface area contributed by atoms with E-state index in [9.17, 15) is 18.0 Å². The Labute approximate surface area is 139 Å². The molecule has 1 unspecified atom stereocenters. The summed E-state index contributed by atoms with van der Waals surface area (Å²) in [4.78, 5) is 25.4. The first-order chi connectivity index (χ1) is 10.5. The van der Waals surface area contributed by atoms with E-state index in [1.54, 1.807) is 26.8 Å². The number of nitrogens with one attached hydrogen (secondary N) is 2. The molecule has 0 saturated heterocycles. The maximum absolute atomic E-state index is 12.4. The summed E-state index contributed by atoms with van der Waals surface area (Å²) in [6.45, 7) is 7.21. The number of hydrogen-bond donors (Lipinski definition) is 2. The number of thiophene rings is 1. The largest absolute Gasteiger partial charge is 0.345 e. The van der Waals surface area contributed by atoms with Crippen molar-refractivity contribution in [2.24, 2.45) is 5.41 Å². The second-order valence-electron chi connectivity index (χ2n) is 6.54. The standard InChI is InChI=1S/C15H20N2O4S2/c1-9-7-11(13(22-9)17-14(19)15(2,3)4)12(18)16-10-5-6-23(20,21)8-10/h5-7,10H,8H2,1-4H3,(H,16,18)(H,17,19). The molecule has 1 aliphatic rings. The van der Waals surface area contributed by atoms with Crippen LogP contribution in [0.15, 0.2) is 17.6 Å². The van der Waals surface area contributed by atoms with Crippen LogP contribution in [0.25, 0.3) is 0 Å². The molecule has 2 rings (SSSR count). The molecular formula is C15H20N2O4S2. The van der Waals surface area contributed by atoms with Crippen molar-refractivity contribution >= 4 is 38.0 Å². The molecule has 126 valence electrons. The fourth-order valence-corrected chi connectivity index (χ4v) is 4.12. The summed E-state index contributed by atoms with van der Waals surface area (Å²) in [7, 11) is -3.23. The fraction of sp³-hybridized carbons (Fsp3) is 0.467. The van der Waals surface area contributed by atoms with E-state index < -0.39 is 27.2 Å². The number of rotatable bonds is 3. The Balaban J connectivity index is 2.15. The normalized spacial score (nSPS) is 19.6. The number of carbonyl (C=O) groups is 2. The lowest BCUT2D eigenvalue weighted by molar-refractivity contribution is -0.123. The van der Waals surface area contributed by atoms with Crippen LogP contribution in [0.4, 0.5) is 5.00 Å². The van der Waals surface area contributed by atoms with Gasteiger partial charge in [0.05, 0.1) is 17.4 Å². The minimum absolute atomic E-state index is 0.133. The average Bonchev–Trinajstić information content (AvgIpc) is 2.91. The van der Waals surface area contributed by atoms with Crippen molar-refractivity contribution in [1.82, 2.24) is 5.32 Å². The molecule has 0 bridgehead atoms. The zero-order chi connectivity index (χ0) is 17.4. The van der Waals surface area contributed by atoms with Gasteiger partial charge in [-0.15, -0.1) is 11.3 Å². The molecule has 1 aromatic rings. The van der Waals surface area contributed by atoms with Gasteiger partial charge in [0.2, 0.25) is 5.91 Å². The van der Waals surface area contributed by atoms with Crippen LogP contribution in [0.5, 0.6) is 0 Å². The van der Waals surface area contributed by atoms with E-state index in [-0.39, 0.29) is 11.7 Å². The number of aryl methyl sites for hydroxylation is 1. The summed E-state index contributed by atoms with van der Waals surface area (Å²) in [6, 6.07) is 1.14. The third-order valence-corrected chi connectivity index (χ3v) is 5.62. The zero-order valence-corrected chi connectivity index (χ0v) is 15.1. The molecule has 23 heavy (non-hydrogen) atoms. The minimum Gasteiger partial charge on any atom is -0.345 e. The maximum atomic E-state index is 12.4. The summed E-state index contributed by atoms with van der Waals surface area (Å²) in [6.07, 6.45) is 1.46. The predicted molar refractivity (Wildman–Crippen MR) is 91.3 cm³/mol. The molecule has 6 nitrogen and oxygen atoms in total. The number of amides is 2. The first-order valence-corrected chi connectivity index (χ1v) is 9.65. The quantitative estimate of drug-likeness (QED) is 0.867. The Bertz CT molecular complexity index is 770. The Hall–Kier alpha value is -1.67. The highest BCUT2D eigenvalue weighted by Crippen LogP contribution is 2.29. The van der Waals surface area contributed by atoms with Gasteiger partial charge in [-0.05, 0) is 19.1 Å². The third-order valence-electron chi connectivity index (χ3n) is 3.25. The van der Waals surface area contributed by atoms with E-state index in [0.717, 1.165) is 10.3 Å². The van der Waals surface area contributed by atoms with Crippen LogP contribution in [0.3, 0.4) is 0 Å². The van der Waals surface area contributed by atoms with Crippen molar-refractivity contribution in [2.75, 3.05) is 11.1 Å². The fourth-order valence-electron chi connectivity index (χ4n) is 1.98. The summed E-state index contributed by atoms with van der Waals surface area (Å²) in [5.41, 5.74) is -0.226. The van der Waals surface area contributed by atoms with Crippen LogP contribution >= 0.6 is 11.3 Å². The van der Waals surface area contributed by atoms with Gasteiger partial charge in [-0.2, -0.15) is 0 Å². The molecule has 1 atom stereocenters. The highest BCUT2D eigenvalue weighted by atomic mass is 32.2. The molecular weight excluding hydrogens is 336 g/mol. The SMILES string of the molecule is Cc1cc(C(=O)NC2C=CS(=O)(=O)C2)c(NC(=O)C(C)(C)C)s1. The molecule has 1 aliphatic heterocycles. The second kappa shape index (κ2) is 6.09. The van der Waals surface area contributed by atoms with Crippen LogP contribution in [0.2, 0.25) is 0 Å².